The van der Waals surface area contributed by atoms with Gasteiger partial charge in [-0.1, -0.05) is 20.8 Å². The summed E-state index contributed by atoms with van der Waals surface area (Å²) < 4.78 is 0. The molecule has 1 aliphatic heterocycles. The van der Waals surface area contributed by atoms with Crippen molar-refractivity contribution >= 4 is 34.1 Å². The Hall–Kier alpha value is -0.590. The zero-order valence-corrected chi connectivity index (χ0v) is 12.5. The van der Waals surface area contributed by atoms with Crippen molar-refractivity contribution in [3.05, 3.63) is 11.1 Å². The fourth-order valence-electron chi connectivity index (χ4n) is 1.62. The number of hydrogen-bond donors (Lipinski definition) is 2. The molecule has 1 aliphatic rings. The molecule has 1 atom stereocenters. The summed E-state index contributed by atoms with van der Waals surface area (Å²) in [6, 6.07) is 0. The minimum absolute atomic E-state index is 0.0282. The van der Waals surface area contributed by atoms with E-state index in [1.54, 1.807) is 11.8 Å². The smallest absolute Gasteiger partial charge is 0.259 e. The van der Waals surface area contributed by atoms with Crippen LogP contribution in [0.4, 0.5) is 5.13 Å². The first kappa shape index (κ1) is 13.8. The van der Waals surface area contributed by atoms with E-state index in [-0.39, 0.29) is 11.3 Å². The zero-order chi connectivity index (χ0) is 13.4. The molecule has 100 valence electrons. The summed E-state index contributed by atoms with van der Waals surface area (Å²) in [5.41, 5.74) is -0.298. The highest BCUT2D eigenvalue weighted by atomic mass is 32.2. The maximum absolute atomic E-state index is 12.0. The molecule has 2 N–H and O–H groups in total. The number of hydrogen-bond acceptors (Lipinski definition) is 5. The third kappa shape index (κ3) is 2.87. The van der Waals surface area contributed by atoms with Crippen LogP contribution in [0.2, 0.25) is 0 Å². The molecule has 0 aromatic carbocycles. The van der Waals surface area contributed by atoms with Crippen molar-refractivity contribution in [3.63, 3.8) is 0 Å². The Bertz CT molecular complexity index is 445. The lowest BCUT2D eigenvalue weighted by molar-refractivity contribution is -0.131. The highest BCUT2D eigenvalue weighted by Gasteiger charge is 2.39. The largest absolute Gasteiger partial charge is 0.379 e. The molecule has 0 saturated carbocycles. The Morgan fingerprint density at radius 2 is 2.28 bits per heavy atom. The highest BCUT2D eigenvalue weighted by Crippen LogP contribution is 2.30. The second kappa shape index (κ2) is 4.83. The van der Waals surface area contributed by atoms with Crippen molar-refractivity contribution in [2.24, 2.45) is 0 Å². The zero-order valence-electron chi connectivity index (χ0n) is 10.8. The van der Waals surface area contributed by atoms with E-state index in [0.717, 1.165) is 11.4 Å². The van der Waals surface area contributed by atoms with Gasteiger partial charge in [-0.05, 0) is 12.2 Å². The molecule has 0 spiro atoms. The molecule has 4 nitrogen and oxygen atoms in total. The van der Waals surface area contributed by atoms with Gasteiger partial charge in [0, 0.05) is 16.5 Å². The summed E-state index contributed by atoms with van der Waals surface area (Å²) in [5.74, 6) is 0.966. The third-order valence-electron chi connectivity index (χ3n) is 2.92. The quantitative estimate of drug-likeness (QED) is 0.875. The van der Waals surface area contributed by atoms with Gasteiger partial charge in [0.2, 0.25) is 0 Å². The molecular weight excluding hydrogens is 268 g/mol. The normalized spacial score (nSPS) is 24.2. The molecule has 1 saturated heterocycles. The fourth-order valence-corrected chi connectivity index (χ4v) is 3.79. The third-order valence-corrected chi connectivity index (χ3v) is 4.85. The maximum atomic E-state index is 12.0. The fraction of sp³-hybridized carbons (Fsp3) is 0.667. The van der Waals surface area contributed by atoms with Crippen LogP contribution >= 0.6 is 23.1 Å². The van der Waals surface area contributed by atoms with Crippen molar-refractivity contribution in [1.82, 2.24) is 4.98 Å². The minimum Gasteiger partial charge on any atom is -0.379 e. The summed E-state index contributed by atoms with van der Waals surface area (Å²) in [6.45, 7) is 6.23. The van der Waals surface area contributed by atoms with E-state index in [1.807, 2.05) is 5.38 Å². The number of rotatable bonds is 2. The Labute approximate surface area is 115 Å². The molecule has 2 rings (SSSR count). The molecule has 0 unspecified atom stereocenters. The summed E-state index contributed by atoms with van der Waals surface area (Å²) in [4.78, 5) is 16.4. The predicted molar refractivity (Wildman–Crippen MR) is 76.3 cm³/mol. The van der Waals surface area contributed by atoms with Crippen LogP contribution in [0.25, 0.3) is 0 Å². The van der Waals surface area contributed by atoms with Gasteiger partial charge in [0.05, 0.1) is 5.69 Å². The van der Waals surface area contributed by atoms with Gasteiger partial charge in [0.1, 0.15) is 0 Å². The lowest BCUT2D eigenvalue weighted by Crippen LogP contribution is -2.42. The lowest BCUT2D eigenvalue weighted by Gasteiger charge is -2.19. The SMILES string of the molecule is CC(C)(C)c1csc(NC(=O)[C@@]2(O)CCSC2)n1. The van der Waals surface area contributed by atoms with E-state index in [4.69, 9.17) is 0 Å². The summed E-state index contributed by atoms with van der Waals surface area (Å²) in [5, 5.41) is 15.4. The molecule has 1 aromatic heterocycles. The molecule has 1 aromatic rings. The summed E-state index contributed by atoms with van der Waals surface area (Å²) in [6.07, 6.45) is 0.515. The van der Waals surface area contributed by atoms with E-state index in [2.05, 4.69) is 31.1 Å². The first-order valence-corrected chi connectivity index (χ1v) is 7.92. The molecule has 0 aliphatic carbocycles. The van der Waals surface area contributed by atoms with Gasteiger partial charge in [0.15, 0.2) is 10.7 Å². The number of aliphatic hydroxyl groups is 1. The first-order chi connectivity index (χ1) is 8.31. The molecular formula is C12H18N2O2S2. The van der Waals surface area contributed by atoms with Gasteiger partial charge in [-0.3, -0.25) is 10.1 Å². The van der Waals surface area contributed by atoms with Crippen LogP contribution in [0.3, 0.4) is 0 Å². The molecule has 1 fully saturated rings. The van der Waals surface area contributed by atoms with Crippen LogP contribution in [-0.4, -0.2) is 33.1 Å². The van der Waals surface area contributed by atoms with Crippen LogP contribution in [0, 0.1) is 0 Å². The number of thioether (sulfide) groups is 1. The van der Waals surface area contributed by atoms with Crippen LogP contribution in [0.15, 0.2) is 5.38 Å². The van der Waals surface area contributed by atoms with Crippen LogP contribution in [0.1, 0.15) is 32.9 Å². The Morgan fingerprint density at radius 3 is 2.78 bits per heavy atom. The van der Waals surface area contributed by atoms with E-state index < -0.39 is 5.60 Å². The lowest BCUT2D eigenvalue weighted by atomic mass is 9.93. The van der Waals surface area contributed by atoms with Gasteiger partial charge in [-0.25, -0.2) is 4.98 Å². The predicted octanol–water partition coefficient (Wildman–Crippen LogP) is 2.25. The number of carbonyl (C=O) groups excluding carboxylic acids is 1. The summed E-state index contributed by atoms with van der Waals surface area (Å²) in [7, 11) is 0. The van der Waals surface area contributed by atoms with E-state index >= 15 is 0 Å². The number of anilines is 1. The van der Waals surface area contributed by atoms with E-state index in [9.17, 15) is 9.90 Å². The van der Waals surface area contributed by atoms with Gasteiger partial charge in [-0.15, -0.1) is 11.3 Å². The number of nitrogens with zero attached hydrogens (tertiary/aromatic N) is 1. The Balaban J connectivity index is 2.06. The molecule has 0 bridgehead atoms. The number of amides is 1. The standard InChI is InChI=1S/C12H18N2O2S2/c1-11(2,3)8-6-18-10(13-8)14-9(15)12(16)4-5-17-7-12/h6,16H,4-5,7H2,1-3H3,(H,13,14,15)/t12-/m1/s1. The van der Waals surface area contributed by atoms with Crippen molar-refractivity contribution in [3.8, 4) is 0 Å². The first-order valence-electron chi connectivity index (χ1n) is 5.89. The van der Waals surface area contributed by atoms with E-state index in [1.165, 1.54) is 11.3 Å². The maximum Gasteiger partial charge on any atom is 0.259 e. The average molecular weight is 286 g/mol. The van der Waals surface area contributed by atoms with Crippen molar-refractivity contribution in [2.75, 3.05) is 16.8 Å². The highest BCUT2D eigenvalue weighted by molar-refractivity contribution is 7.99. The van der Waals surface area contributed by atoms with Crippen LogP contribution < -0.4 is 5.32 Å². The van der Waals surface area contributed by atoms with Crippen molar-refractivity contribution in [1.29, 1.82) is 0 Å². The number of nitrogens with one attached hydrogen (secondary N) is 1. The van der Waals surface area contributed by atoms with Gasteiger partial charge < -0.3 is 5.11 Å². The van der Waals surface area contributed by atoms with Crippen molar-refractivity contribution in [2.45, 2.75) is 38.2 Å². The Kier molecular flexibility index (Phi) is 3.71. The Morgan fingerprint density at radius 1 is 1.56 bits per heavy atom. The van der Waals surface area contributed by atoms with Crippen LogP contribution in [-0.2, 0) is 10.2 Å². The van der Waals surface area contributed by atoms with Crippen molar-refractivity contribution < 1.29 is 9.90 Å². The minimum atomic E-state index is -1.22. The molecule has 0 radical (unpaired) electrons. The summed E-state index contributed by atoms with van der Waals surface area (Å²) >= 11 is 3.00. The molecule has 6 heteroatoms. The van der Waals surface area contributed by atoms with E-state index in [0.29, 0.717) is 17.3 Å². The number of carbonyl (C=O) groups is 1. The van der Waals surface area contributed by atoms with Crippen LogP contribution in [0.5, 0.6) is 0 Å². The molecule has 2 heterocycles. The van der Waals surface area contributed by atoms with Gasteiger partial charge in [-0.2, -0.15) is 11.8 Å². The second-order valence-corrected chi connectivity index (χ2v) is 7.54. The monoisotopic (exact) mass is 286 g/mol. The van der Waals surface area contributed by atoms with Gasteiger partial charge >= 0.3 is 0 Å². The number of aromatic nitrogens is 1. The van der Waals surface area contributed by atoms with Gasteiger partial charge in [0.25, 0.3) is 5.91 Å². The molecule has 18 heavy (non-hydrogen) atoms. The molecule has 1 amide bonds. The average Bonchev–Trinajstić information content (AvgIpc) is 2.86. The second-order valence-electron chi connectivity index (χ2n) is 5.58. The topological polar surface area (TPSA) is 62.2 Å². The number of thiazole rings is 1.